The minimum Gasteiger partial charge on any atom is -0.479 e. The van der Waals surface area contributed by atoms with Gasteiger partial charge in [-0.15, -0.1) is 11.3 Å². The number of thiophene rings is 1. The number of aromatic amines is 1. The Labute approximate surface area is 124 Å². The number of aliphatic carboxylic acids is 1. The van der Waals surface area contributed by atoms with Crippen LogP contribution in [0.5, 0.6) is 0 Å². The van der Waals surface area contributed by atoms with E-state index in [9.17, 15) is 9.59 Å². The smallest absolute Gasteiger partial charge is 0.334 e. The maximum absolute atomic E-state index is 12.3. The van der Waals surface area contributed by atoms with Crippen molar-refractivity contribution in [2.45, 2.75) is 6.10 Å². The van der Waals surface area contributed by atoms with Gasteiger partial charge in [0.1, 0.15) is 0 Å². The molecule has 0 spiro atoms. The highest BCUT2D eigenvalue weighted by Crippen LogP contribution is 2.23. The SMILES string of the molecule is O=C(O)C1CN(C(=O)c2cc(-c3cccs3)[nH]n2)CCO1. The largest absolute Gasteiger partial charge is 0.479 e. The van der Waals surface area contributed by atoms with E-state index in [1.807, 2.05) is 17.5 Å². The summed E-state index contributed by atoms with van der Waals surface area (Å²) in [5.41, 5.74) is 1.06. The van der Waals surface area contributed by atoms with Crippen LogP contribution in [0.25, 0.3) is 10.6 Å². The van der Waals surface area contributed by atoms with Crippen molar-refractivity contribution in [1.29, 1.82) is 0 Å². The predicted molar refractivity (Wildman–Crippen MR) is 75.2 cm³/mol. The summed E-state index contributed by atoms with van der Waals surface area (Å²) in [6.45, 7) is 0.615. The normalized spacial score (nSPS) is 18.7. The van der Waals surface area contributed by atoms with Crippen LogP contribution in [-0.4, -0.2) is 57.9 Å². The van der Waals surface area contributed by atoms with Gasteiger partial charge in [-0.3, -0.25) is 9.89 Å². The van der Waals surface area contributed by atoms with E-state index in [1.165, 1.54) is 4.90 Å². The number of aromatic nitrogens is 2. The molecule has 1 aliphatic heterocycles. The van der Waals surface area contributed by atoms with Crippen LogP contribution in [0.3, 0.4) is 0 Å². The standard InChI is InChI=1S/C13H13N3O4S/c17-12(16-3-4-20-10(7-16)13(18)19)9-6-8(14-15-9)11-2-1-5-21-11/h1-2,5-6,10H,3-4,7H2,(H,14,15)(H,18,19). The van der Waals surface area contributed by atoms with Crippen molar-refractivity contribution in [3.05, 3.63) is 29.3 Å². The van der Waals surface area contributed by atoms with Crippen molar-refractivity contribution in [2.75, 3.05) is 19.7 Å². The van der Waals surface area contributed by atoms with Crippen LogP contribution >= 0.6 is 11.3 Å². The molecule has 2 N–H and O–H groups in total. The van der Waals surface area contributed by atoms with E-state index in [-0.39, 0.29) is 24.8 Å². The maximum Gasteiger partial charge on any atom is 0.334 e. The Bertz CT molecular complexity index is 652. The van der Waals surface area contributed by atoms with Gasteiger partial charge in [-0.25, -0.2) is 4.79 Å². The lowest BCUT2D eigenvalue weighted by atomic mass is 10.2. The van der Waals surface area contributed by atoms with Crippen molar-refractivity contribution in [3.8, 4) is 10.6 Å². The van der Waals surface area contributed by atoms with Gasteiger partial charge in [-0.1, -0.05) is 6.07 Å². The Balaban J connectivity index is 1.74. The average molecular weight is 307 g/mol. The fraction of sp³-hybridized carbons (Fsp3) is 0.308. The molecule has 1 aliphatic rings. The van der Waals surface area contributed by atoms with Crippen LogP contribution in [0.2, 0.25) is 0 Å². The van der Waals surface area contributed by atoms with E-state index >= 15 is 0 Å². The molecular weight excluding hydrogens is 294 g/mol. The monoisotopic (exact) mass is 307 g/mol. The molecule has 0 saturated carbocycles. The fourth-order valence-corrected chi connectivity index (χ4v) is 2.83. The minimum absolute atomic E-state index is 0.0371. The quantitative estimate of drug-likeness (QED) is 0.884. The van der Waals surface area contributed by atoms with Crippen LogP contribution < -0.4 is 0 Å². The first kappa shape index (κ1) is 13.8. The van der Waals surface area contributed by atoms with Gasteiger partial charge in [-0.05, 0) is 17.5 Å². The number of carbonyl (C=O) groups excluding carboxylic acids is 1. The van der Waals surface area contributed by atoms with Crippen LogP contribution in [0.15, 0.2) is 23.6 Å². The van der Waals surface area contributed by atoms with Crippen LogP contribution in [0.4, 0.5) is 0 Å². The van der Waals surface area contributed by atoms with Crippen LogP contribution in [0, 0.1) is 0 Å². The average Bonchev–Trinajstić information content (AvgIpc) is 3.17. The molecule has 0 aromatic carbocycles. The summed E-state index contributed by atoms with van der Waals surface area (Å²) in [7, 11) is 0. The minimum atomic E-state index is -1.06. The molecule has 1 saturated heterocycles. The van der Waals surface area contributed by atoms with Crippen molar-refractivity contribution in [3.63, 3.8) is 0 Å². The van der Waals surface area contributed by atoms with E-state index in [0.29, 0.717) is 6.54 Å². The topological polar surface area (TPSA) is 95.5 Å². The number of H-pyrrole nitrogens is 1. The van der Waals surface area contributed by atoms with Crippen molar-refractivity contribution < 1.29 is 19.4 Å². The number of morpholine rings is 1. The van der Waals surface area contributed by atoms with Crippen molar-refractivity contribution in [1.82, 2.24) is 15.1 Å². The van der Waals surface area contributed by atoms with Gasteiger partial charge in [-0.2, -0.15) is 5.10 Å². The molecular formula is C13H13N3O4S. The summed E-state index contributed by atoms with van der Waals surface area (Å²) in [4.78, 5) is 25.7. The maximum atomic E-state index is 12.3. The Morgan fingerprint density at radius 2 is 2.38 bits per heavy atom. The lowest BCUT2D eigenvalue weighted by molar-refractivity contribution is -0.154. The first-order valence-electron chi connectivity index (χ1n) is 6.38. The lowest BCUT2D eigenvalue weighted by Crippen LogP contribution is -2.48. The molecule has 0 aliphatic carbocycles. The van der Waals surface area contributed by atoms with E-state index in [4.69, 9.17) is 9.84 Å². The fourth-order valence-electron chi connectivity index (χ4n) is 2.13. The highest BCUT2D eigenvalue weighted by atomic mass is 32.1. The molecule has 1 atom stereocenters. The molecule has 1 unspecified atom stereocenters. The highest BCUT2D eigenvalue weighted by Gasteiger charge is 2.30. The Morgan fingerprint density at radius 3 is 3.10 bits per heavy atom. The van der Waals surface area contributed by atoms with Crippen molar-refractivity contribution >= 4 is 23.2 Å². The van der Waals surface area contributed by atoms with Crippen LogP contribution in [0.1, 0.15) is 10.5 Å². The molecule has 3 rings (SSSR count). The Hall–Kier alpha value is -2.19. The van der Waals surface area contributed by atoms with Gasteiger partial charge in [0, 0.05) is 6.54 Å². The zero-order valence-electron chi connectivity index (χ0n) is 11.0. The number of carboxylic acids is 1. The van der Waals surface area contributed by atoms with Gasteiger partial charge in [0.15, 0.2) is 11.8 Å². The molecule has 7 nitrogen and oxygen atoms in total. The van der Waals surface area contributed by atoms with Gasteiger partial charge in [0.25, 0.3) is 5.91 Å². The third kappa shape index (κ3) is 2.81. The number of ether oxygens (including phenoxy) is 1. The molecule has 1 fully saturated rings. The second-order valence-corrected chi connectivity index (χ2v) is 5.54. The molecule has 0 radical (unpaired) electrons. The van der Waals surface area contributed by atoms with Gasteiger partial charge in [0.05, 0.1) is 23.7 Å². The lowest BCUT2D eigenvalue weighted by Gasteiger charge is -2.30. The summed E-state index contributed by atoms with van der Waals surface area (Å²) >= 11 is 1.55. The predicted octanol–water partition coefficient (Wildman–Crippen LogP) is 1.06. The van der Waals surface area contributed by atoms with Gasteiger partial charge >= 0.3 is 5.97 Å². The Kier molecular flexibility index (Phi) is 3.72. The first-order chi connectivity index (χ1) is 10.1. The zero-order chi connectivity index (χ0) is 14.8. The summed E-state index contributed by atoms with van der Waals surface area (Å²) in [5, 5.41) is 17.7. The van der Waals surface area contributed by atoms with Crippen LogP contribution in [-0.2, 0) is 9.53 Å². The number of hydrogen-bond acceptors (Lipinski definition) is 5. The summed E-state index contributed by atoms with van der Waals surface area (Å²) < 4.78 is 5.10. The first-order valence-corrected chi connectivity index (χ1v) is 7.26. The molecule has 1 amide bonds. The van der Waals surface area contributed by atoms with E-state index in [2.05, 4.69) is 10.2 Å². The molecule has 110 valence electrons. The number of nitrogens with one attached hydrogen (secondary N) is 1. The second-order valence-electron chi connectivity index (χ2n) is 4.59. The van der Waals surface area contributed by atoms with Crippen molar-refractivity contribution in [2.24, 2.45) is 0 Å². The number of nitrogens with zero attached hydrogens (tertiary/aromatic N) is 2. The van der Waals surface area contributed by atoms with E-state index < -0.39 is 12.1 Å². The molecule has 2 aromatic rings. The second kappa shape index (κ2) is 5.66. The molecule has 2 aromatic heterocycles. The van der Waals surface area contributed by atoms with E-state index in [0.717, 1.165) is 10.6 Å². The summed E-state index contributed by atoms with van der Waals surface area (Å²) in [6.07, 6.45) is -0.974. The number of carboxylic acid groups (broad SMARTS) is 1. The molecule has 3 heterocycles. The zero-order valence-corrected chi connectivity index (χ0v) is 11.8. The molecule has 0 bridgehead atoms. The molecule has 8 heteroatoms. The number of hydrogen-bond donors (Lipinski definition) is 2. The molecule has 21 heavy (non-hydrogen) atoms. The van der Waals surface area contributed by atoms with E-state index in [1.54, 1.807) is 17.4 Å². The highest BCUT2D eigenvalue weighted by molar-refractivity contribution is 7.13. The number of amides is 1. The number of rotatable bonds is 3. The Morgan fingerprint density at radius 1 is 1.52 bits per heavy atom. The summed E-state index contributed by atoms with van der Waals surface area (Å²) in [5.74, 6) is -1.35. The third-order valence-corrected chi connectivity index (χ3v) is 4.12. The summed E-state index contributed by atoms with van der Waals surface area (Å²) in [6, 6.07) is 5.53. The third-order valence-electron chi connectivity index (χ3n) is 3.21. The van der Waals surface area contributed by atoms with Gasteiger partial charge < -0.3 is 14.7 Å². The van der Waals surface area contributed by atoms with Gasteiger partial charge in [0.2, 0.25) is 0 Å². The number of carbonyl (C=O) groups is 2.